The van der Waals surface area contributed by atoms with Crippen molar-refractivity contribution in [2.75, 3.05) is 52.3 Å². The minimum Gasteiger partial charge on any atom is -0.383 e. The molecule has 31 heavy (non-hydrogen) atoms. The third-order valence-corrected chi connectivity index (χ3v) is 8.37. The molecular weight excluding hydrogens is 390 g/mol. The second kappa shape index (κ2) is 9.02. The Bertz CT molecular complexity index is 772. The fourth-order valence-corrected chi connectivity index (χ4v) is 6.96. The first kappa shape index (κ1) is 21.1. The number of carbonyl (C=O) groups is 1. The van der Waals surface area contributed by atoms with Gasteiger partial charge >= 0.3 is 0 Å². The maximum atomic E-state index is 12.7. The number of ether oxygens (including phenoxy) is 1. The molecule has 0 spiro atoms. The van der Waals surface area contributed by atoms with Crippen LogP contribution in [0.2, 0.25) is 0 Å². The molecule has 7 nitrogen and oxygen atoms in total. The highest BCUT2D eigenvalue weighted by Crippen LogP contribution is 2.56. The zero-order valence-electron chi connectivity index (χ0n) is 19.1. The summed E-state index contributed by atoms with van der Waals surface area (Å²) in [5.74, 6) is 5.84. The molecule has 5 aliphatic rings. The highest BCUT2D eigenvalue weighted by Gasteiger charge is 2.47. The Labute approximate surface area is 185 Å². The zero-order chi connectivity index (χ0) is 21.4. The van der Waals surface area contributed by atoms with Gasteiger partial charge in [-0.1, -0.05) is 0 Å². The molecule has 1 amide bonds. The molecule has 4 bridgehead atoms. The minimum atomic E-state index is 0.158. The third kappa shape index (κ3) is 4.44. The van der Waals surface area contributed by atoms with Crippen molar-refractivity contribution in [2.24, 2.45) is 29.6 Å². The second-order valence-electron chi connectivity index (χ2n) is 10.4. The lowest BCUT2D eigenvalue weighted by Crippen LogP contribution is -2.47. The van der Waals surface area contributed by atoms with E-state index in [0.717, 1.165) is 67.2 Å². The van der Waals surface area contributed by atoms with Gasteiger partial charge in [0.05, 0.1) is 25.4 Å². The van der Waals surface area contributed by atoms with E-state index in [1.165, 1.54) is 37.7 Å². The average molecular weight is 428 g/mol. The van der Waals surface area contributed by atoms with Crippen LogP contribution in [0.3, 0.4) is 0 Å². The number of amides is 1. The molecule has 170 valence electrons. The standard InChI is InChI=1S/C24H37N5O2/c1-28(5-6-31-2)14-23(30)29-4-3-20-22(13-29)26-15-27-24(20)25-12-21-18-8-16-7-17(10-18)11-19(21)9-16/h15-19,21H,3-14H2,1-2H3,(H,25,26,27). The Morgan fingerprint density at radius 3 is 2.65 bits per heavy atom. The van der Waals surface area contributed by atoms with Gasteiger partial charge < -0.3 is 15.0 Å². The van der Waals surface area contributed by atoms with E-state index in [1.54, 1.807) is 13.4 Å². The Balaban J connectivity index is 1.19. The summed E-state index contributed by atoms with van der Waals surface area (Å²) in [6.45, 7) is 4.19. The average Bonchev–Trinajstić information content (AvgIpc) is 2.76. The molecule has 4 saturated carbocycles. The molecular formula is C24H37N5O2. The van der Waals surface area contributed by atoms with Gasteiger partial charge in [-0.05, 0) is 75.2 Å². The van der Waals surface area contributed by atoms with Crippen LogP contribution in [0.1, 0.15) is 43.4 Å². The van der Waals surface area contributed by atoms with Gasteiger partial charge in [-0.15, -0.1) is 0 Å². The fraction of sp³-hybridized carbons (Fsp3) is 0.792. The smallest absolute Gasteiger partial charge is 0.237 e. The second-order valence-corrected chi connectivity index (χ2v) is 10.4. The molecule has 0 aromatic carbocycles. The fourth-order valence-electron chi connectivity index (χ4n) is 6.96. The van der Waals surface area contributed by atoms with Gasteiger partial charge in [0.25, 0.3) is 0 Å². The number of carbonyl (C=O) groups excluding carboxylic acids is 1. The number of methoxy groups -OCH3 is 1. The highest BCUT2D eigenvalue weighted by atomic mass is 16.5. The Morgan fingerprint density at radius 1 is 1.19 bits per heavy atom. The van der Waals surface area contributed by atoms with Gasteiger partial charge in [-0.2, -0.15) is 0 Å². The lowest BCUT2D eigenvalue weighted by molar-refractivity contribution is -0.133. The number of aromatic nitrogens is 2. The van der Waals surface area contributed by atoms with Crippen LogP contribution in [0.5, 0.6) is 0 Å². The molecule has 1 aromatic heterocycles. The highest BCUT2D eigenvalue weighted by molar-refractivity contribution is 5.78. The third-order valence-electron chi connectivity index (χ3n) is 8.37. The van der Waals surface area contributed by atoms with E-state index in [2.05, 4.69) is 15.3 Å². The van der Waals surface area contributed by atoms with E-state index < -0.39 is 0 Å². The predicted octanol–water partition coefficient (Wildman–Crippen LogP) is 2.42. The number of likely N-dealkylation sites (N-methyl/N-ethyl adjacent to an activating group) is 1. The maximum Gasteiger partial charge on any atom is 0.237 e. The molecule has 1 N–H and O–H groups in total. The summed E-state index contributed by atoms with van der Waals surface area (Å²) in [5.41, 5.74) is 2.21. The van der Waals surface area contributed by atoms with Crippen molar-refractivity contribution >= 4 is 11.7 Å². The van der Waals surface area contributed by atoms with Crippen molar-refractivity contribution < 1.29 is 9.53 Å². The number of fused-ring (bicyclic) bond motifs is 1. The number of nitrogens with zero attached hydrogens (tertiary/aromatic N) is 4. The van der Waals surface area contributed by atoms with Crippen LogP contribution >= 0.6 is 0 Å². The van der Waals surface area contributed by atoms with Crippen LogP contribution in [0, 0.1) is 29.6 Å². The molecule has 2 heterocycles. The monoisotopic (exact) mass is 427 g/mol. The summed E-state index contributed by atoms with van der Waals surface area (Å²) in [4.78, 5) is 25.8. The number of anilines is 1. The minimum absolute atomic E-state index is 0.158. The molecule has 1 aromatic rings. The molecule has 0 unspecified atom stereocenters. The van der Waals surface area contributed by atoms with E-state index in [9.17, 15) is 4.79 Å². The normalized spacial score (nSPS) is 31.2. The van der Waals surface area contributed by atoms with E-state index >= 15 is 0 Å². The first-order valence-corrected chi connectivity index (χ1v) is 12.1. The van der Waals surface area contributed by atoms with Crippen molar-refractivity contribution in [1.29, 1.82) is 0 Å². The van der Waals surface area contributed by atoms with Crippen LogP contribution < -0.4 is 5.32 Å². The van der Waals surface area contributed by atoms with Crippen LogP contribution in [0.25, 0.3) is 0 Å². The molecule has 6 rings (SSSR count). The van der Waals surface area contributed by atoms with Gasteiger partial charge in [0.2, 0.25) is 5.91 Å². The van der Waals surface area contributed by atoms with Crippen LogP contribution in [-0.4, -0.2) is 72.6 Å². The van der Waals surface area contributed by atoms with Gasteiger partial charge in [0.1, 0.15) is 12.1 Å². The van der Waals surface area contributed by atoms with E-state index in [1.807, 2.05) is 16.8 Å². The predicted molar refractivity (Wildman–Crippen MR) is 120 cm³/mol. The van der Waals surface area contributed by atoms with Gasteiger partial charge in [-0.25, -0.2) is 9.97 Å². The topological polar surface area (TPSA) is 70.6 Å². The molecule has 0 radical (unpaired) electrons. The SMILES string of the molecule is COCCN(C)CC(=O)N1CCc2c(ncnc2NCC2C3CC4CC(C3)CC2C4)C1. The summed E-state index contributed by atoms with van der Waals surface area (Å²) in [7, 11) is 3.65. The van der Waals surface area contributed by atoms with Crippen molar-refractivity contribution in [3.63, 3.8) is 0 Å². The quantitative estimate of drug-likeness (QED) is 0.687. The van der Waals surface area contributed by atoms with Gasteiger partial charge in [0.15, 0.2) is 0 Å². The van der Waals surface area contributed by atoms with Crippen LogP contribution in [-0.2, 0) is 22.5 Å². The van der Waals surface area contributed by atoms with Gasteiger partial charge in [-0.3, -0.25) is 9.69 Å². The Hall–Kier alpha value is -1.73. The lowest BCUT2D eigenvalue weighted by Gasteiger charge is -2.54. The number of hydrogen-bond donors (Lipinski definition) is 1. The molecule has 4 fully saturated rings. The summed E-state index contributed by atoms with van der Waals surface area (Å²) in [5, 5.41) is 3.72. The number of hydrogen-bond acceptors (Lipinski definition) is 6. The molecule has 1 aliphatic heterocycles. The summed E-state index contributed by atoms with van der Waals surface area (Å²) in [6, 6.07) is 0. The van der Waals surface area contributed by atoms with Crippen molar-refractivity contribution in [1.82, 2.24) is 19.8 Å². The Kier molecular flexibility index (Phi) is 6.15. The van der Waals surface area contributed by atoms with E-state index in [-0.39, 0.29) is 5.91 Å². The lowest BCUT2D eigenvalue weighted by atomic mass is 9.52. The molecule has 0 saturated heterocycles. The van der Waals surface area contributed by atoms with Crippen molar-refractivity contribution in [2.45, 2.75) is 45.1 Å². The zero-order valence-corrected chi connectivity index (χ0v) is 19.1. The van der Waals surface area contributed by atoms with Crippen molar-refractivity contribution in [3.8, 4) is 0 Å². The van der Waals surface area contributed by atoms with Crippen LogP contribution in [0.15, 0.2) is 6.33 Å². The first-order valence-electron chi connectivity index (χ1n) is 12.1. The van der Waals surface area contributed by atoms with E-state index in [0.29, 0.717) is 19.7 Å². The number of nitrogens with one attached hydrogen (secondary N) is 1. The molecule has 4 aliphatic carbocycles. The first-order chi connectivity index (χ1) is 15.1. The van der Waals surface area contributed by atoms with Crippen molar-refractivity contribution in [3.05, 3.63) is 17.6 Å². The molecule has 0 atom stereocenters. The van der Waals surface area contributed by atoms with E-state index in [4.69, 9.17) is 4.74 Å². The summed E-state index contributed by atoms with van der Waals surface area (Å²) in [6.07, 6.45) is 9.82. The largest absolute Gasteiger partial charge is 0.383 e. The summed E-state index contributed by atoms with van der Waals surface area (Å²) >= 11 is 0. The van der Waals surface area contributed by atoms with Gasteiger partial charge in [0, 0.05) is 32.3 Å². The number of rotatable bonds is 8. The van der Waals surface area contributed by atoms with Crippen LogP contribution in [0.4, 0.5) is 5.82 Å². The summed E-state index contributed by atoms with van der Waals surface area (Å²) < 4.78 is 5.11. The molecule has 7 heteroatoms. The Morgan fingerprint density at radius 2 is 1.94 bits per heavy atom. The maximum absolute atomic E-state index is 12.7.